The van der Waals surface area contributed by atoms with Crippen LogP contribution < -0.4 is 10.2 Å². The molecule has 32 heavy (non-hydrogen) atoms. The van der Waals surface area contributed by atoms with Crippen LogP contribution in [-0.2, 0) is 25.0 Å². The molecule has 2 aliphatic rings. The molecule has 172 valence electrons. The molecule has 2 aromatic rings. The molecule has 2 aliphatic heterocycles. The second-order valence-electron chi connectivity index (χ2n) is 6.87. The average Bonchev–Trinajstić information content (AvgIpc) is 2.95. The summed E-state index contributed by atoms with van der Waals surface area (Å²) in [5.41, 5.74) is -0.643. The van der Waals surface area contributed by atoms with Crippen molar-refractivity contribution in [3.63, 3.8) is 0 Å². The molecule has 1 aromatic heterocycles. The van der Waals surface area contributed by atoms with E-state index in [-0.39, 0.29) is 33.4 Å². The molecule has 0 spiro atoms. The Labute approximate surface area is 189 Å². The number of halogens is 1. The summed E-state index contributed by atoms with van der Waals surface area (Å²) in [4.78, 5) is 25.5. The Morgan fingerprint density at radius 1 is 1.56 bits per heavy atom. The average molecular weight is 491 g/mol. The Bertz CT molecular complexity index is 1370. The molecule has 0 saturated carbocycles. The number of aryl methyl sites for hydroxylation is 1. The molecule has 1 saturated heterocycles. The fourth-order valence-corrected chi connectivity index (χ4v) is 4.37. The lowest BCUT2D eigenvalue weighted by atomic mass is 10.1. The van der Waals surface area contributed by atoms with Crippen LogP contribution in [0.2, 0.25) is 0 Å². The van der Waals surface area contributed by atoms with E-state index in [0.29, 0.717) is 17.3 Å². The SMILES string of the molecule is [2H]C([2H])(OP1(=O)OCc2cccc(C)c2O1)[C@@]1(F)O[C@@]([2H])(n2cc(C=O)c(=S)[nH]c2=O)[C@H](O)[C@@H]1O. The van der Waals surface area contributed by atoms with Crippen LogP contribution in [0.25, 0.3) is 0 Å². The van der Waals surface area contributed by atoms with Crippen LogP contribution in [0.5, 0.6) is 5.75 Å². The monoisotopic (exact) mass is 491 g/mol. The number of hydrogen-bond acceptors (Lipinski definition) is 10. The van der Waals surface area contributed by atoms with Crippen LogP contribution in [0.1, 0.15) is 31.8 Å². The zero-order valence-electron chi connectivity index (χ0n) is 19.2. The van der Waals surface area contributed by atoms with Gasteiger partial charge in [-0.05, 0) is 12.5 Å². The topological polar surface area (TPSA) is 149 Å². The highest BCUT2D eigenvalue weighted by Gasteiger charge is 2.57. The molecule has 5 atom stereocenters. The number of rotatable bonds is 5. The second-order valence-corrected chi connectivity index (χ2v) is 8.80. The summed E-state index contributed by atoms with van der Waals surface area (Å²) in [5.74, 6) is -4.03. The maximum Gasteiger partial charge on any atom is 0.530 e. The van der Waals surface area contributed by atoms with Crippen LogP contribution in [0.4, 0.5) is 4.39 Å². The standard InChI is InChI=1S/C18H18FN2O9PS/c1-9-3-2-4-10-7-27-31(26,30-13(9)10)28-8-18(19)14(24)12(23)16(29-18)21-5-11(6-22)15(32)20-17(21)25/h2-6,12,14,16,23-24H,7-8H2,1H3,(H,20,25,32)/t12-,14+,16-,18-,31?/m1/s1/i8D2,16D. The van der Waals surface area contributed by atoms with Gasteiger partial charge in [0.15, 0.2) is 12.5 Å². The van der Waals surface area contributed by atoms with Gasteiger partial charge < -0.3 is 19.5 Å². The number of nitrogens with zero attached hydrogens (tertiary/aromatic N) is 1. The summed E-state index contributed by atoms with van der Waals surface area (Å²) < 4.78 is 72.9. The largest absolute Gasteiger partial charge is 0.530 e. The van der Waals surface area contributed by atoms with Crippen molar-refractivity contribution >= 4 is 26.3 Å². The van der Waals surface area contributed by atoms with Gasteiger partial charge in [0, 0.05) is 11.8 Å². The zero-order valence-corrected chi connectivity index (χ0v) is 17.9. The molecule has 1 fully saturated rings. The maximum absolute atomic E-state index is 15.9. The number of aromatic nitrogens is 2. The number of H-pyrrole nitrogens is 1. The lowest BCUT2D eigenvalue weighted by Crippen LogP contribution is -2.43. The number of aliphatic hydroxyl groups is 2. The van der Waals surface area contributed by atoms with E-state index in [1.165, 1.54) is 0 Å². The van der Waals surface area contributed by atoms with E-state index < -0.39 is 44.3 Å². The quantitative estimate of drug-likeness (QED) is 0.320. The van der Waals surface area contributed by atoms with E-state index in [1.54, 1.807) is 25.1 Å². The number of carbonyl (C=O) groups excluding carboxylic acids is 1. The van der Waals surface area contributed by atoms with Crippen LogP contribution in [0, 0.1) is 11.6 Å². The van der Waals surface area contributed by atoms with E-state index >= 15 is 4.39 Å². The number of alkyl halides is 1. The minimum Gasteiger partial charge on any atom is -0.403 e. The Hall–Kier alpha value is -2.25. The smallest absolute Gasteiger partial charge is 0.403 e. The predicted octanol–water partition coefficient (Wildman–Crippen LogP) is 1.68. The van der Waals surface area contributed by atoms with Gasteiger partial charge in [-0.2, -0.15) is 0 Å². The minimum atomic E-state index is -4.86. The highest BCUT2D eigenvalue weighted by Crippen LogP contribution is 2.56. The van der Waals surface area contributed by atoms with Gasteiger partial charge in [-0.25, -0.2) is 13.8 Å². The number of phosphoric acid groups is 1. The Morgan fingerprint density at radius 3 is 3.03 bits per heavy atom. The van der Waals surface area contributed by atoms with Gasteiger partial charge in [-0.1, -0.05) is 30.4 Å². The number of carbonyl (C=O) groups is 1. The molecule has 11 nitrogen and oxygen atoms in total. The molecule has 0 amide bonds. The number of benzene rings is 1. The third kappa shape index (κ3) is 3.97. The van der Waals surface area contributed by atoms with Gasteiger partial charge in [0.05, 0.1) is 16.3 Å². The molecule has 0 bridgehead atoms. The Kier molecular flexibility index (Phi) is 4.97. The lowest BCUT2D eigenvalue weighted by Gasteiger charge is -2.29. The van der Waals surface area contributed by atoms with Crippen LogP contribution >= 0.6 is 20.0 Å². The van der Waals surface area contributed by atoms with Crippen LogP contribution in [0.15, 0.2) is 29.2 Å². The molecule has 3 N–H and O–H groups in total. The highest BCUT2D eigenvalue weighted by molar-refractivity contribution is 7.71. The molecular weight excluding hydrogens is 470 g/mol. The fourth-order valence-electron chi connectivity index (χ4n) is 3.02. The summed E-state index contributed by atoms with van der Waals surface area (Å²) in [7, 11) is -4.86. The first-order valence-electron chi connectivity index (χ1n) is 10.5. The van der Waals surface area contributed by atoms with Crippen molar-refractivity contribution < 1.29 is 46.4 Å². The summed E-state index contributed by atoms with van der Waals surface area (Å²) >= 11 is 4.78. The molecule has 4 rings (SSSR count). The highest BCUT2D eigenvalue weighted by atomic mass is 32.1. The Balaban J connectivity index is 1.70. The normalized spacial score (nSPS) is 35.8. The van der Waals surface area contributed by atoms with E-state index in [9.17, 15) is 24.4 Å². The van der Waals surface area contributed by atoms with E-state index in [0.717, 1.165) is 0 Å². The lowest BCUT2D eigenvalue weighted by molar-refractivity contribution is -0.205. The van der Waals surface area contributed by atoms with E-state index in [4.69, 9.17) is 34.6 Å². The van der Waals surface area contributed by atoms with Crippen molar-refractivity contribution in [1.29, 1.82) is 0 Å². The number of fused-ring (bicyclic) bond motifs is 1. The molecular formula is C18H18FN2O9PS. The molecule has 14 heteroatoms. The van der Waals surface area contributed by atoms with Gasteiger partial charge >= 0.3 is 13.5 Å². The number of ether oxygens (including phenoxy) is 1. The number of aliphatic hydroxyl groups excluding tert-OH is 2. The summed E-state index contributed by atoms with van der Waals surface area (Å²) in [5, 5.41) is 20.8. The molecule has 0 radical (unpaired) electrons. The van der Waals surface area contributed by atoms with Crippen molar-refractivity contribution in [2.45, 2.75) is 37.8 Å². The van der Waals surface area contributed by atoms with Crippen molar-refractivity contribution in [2.75, 3.05) is 6.56 Å². The third-order valence-electron chi connectivity index (χ3n) is 4.69. The van der Waals surface area contributed by atoms with Crippen LogP contribution in [-0.4, -0.2) is 50.7 Å². The van der Waals surface area contributed by atoms with E-state index in [1.807, 2.05) is 4.98 Å². The number of aromatic amines is 1. The number of nitrogens with one attached hydrogen (secondary N) is 1. The molecule has 0 aliphatic carbocycles. The van der Waals surface area contributed by atoms with Crippen LogP contribution in [0.3, 0.4) is 0 Å². The predicted molar refractivity (Wildman–Crippen MR) is 107 cm³/mol. The second kappa shape index (κ2) is 8.27. The summed E-state index contributed by atoms with van der Waals surface area (Å²) in [6.07, 6.45) is -7.82. The molecule has 1 unspecified atom stereocenters. The van der Waals surface area contributed by atoms with Crippen molar-refractivity contribution in [3.8, 4) is 5.75 Å². The van der Waals surface area contributed by atoms with E-state index in [2.05, 4.69) is 0 Å². The van der Waals surface area contributed by atoms with Gasteiger partial charge in [0.1, 0.15) is 29.2 Å². The van der Waals surface area contributed by atoms with Crippen molar-refractivity contribution in [1.82, 2.24) is 9.55 Å². The minimum absolute atomic E-state index is 0.0565. The van der Waals surface area contributed by atoms with Gasteiger partial charge in [-0.3, -0.25) is 23.4 Å². The first-order valence-corrected chi connectivity index (χ1v) is 10.8. The fraction of sp³-hybridized carbons (Fsp3) is 0.389. The molecule has 3 heterocycles. The first-order chi connectivity index (χ1) is 16.2. The maximum atomic E-state index is 15.9. The van der Waals surface area contributed by atoms with Crippen molar-refractivity contribution in [2.24, 2.45) is 0 Å². The van der Waals surface area contributed by atoms with Gasteiger partial charge in [0.2, 0.25) is 0 Å². The Morgan fingerprint density at radius 2 is 2.31 bits per heavy atom. The first kappa shape index (κ1) is 19.2. The molecule has 1 aromatic carbocycles. The third-order valence-corrected chi connectivity index (χ3v) is 6.20. The number of hydrogen-bond donors (Lipinski definition) is 3. The number of aldehydes is 1. The number of para-hydroxylation sites is 1. The van der Waals surface area contributed by atoms with Gasteiger partial charge in [0.25, 0.3) is 5.85 Å². The summed E-state index contributed by atoms with van der Waals surface area (Å²) in [6.45, 7) is -2.61. The van der Waals surface area contributed by atoms with Gasteiger partial charge in [-0.15, -0.1) is 0 Å². The van der Waals surface area contributed by atoms with Crippen molar-refractivity contribution in [3.05, 3.63) is 56.2 Å². The summed E-state index contributed by atoms with van der Waals surface area (Å²) in [6, 6.07) is 4.85. The zero-order chi connectivity index (χ0) is 26.0. The number of phosphoric ester groups is 1.